The van der Waals surface area contributed by atoms with Gasteiger partial charge >= 0.3 is 5.97 Å². The van der Waals surface area contributed by atoms with Crippen molar-refractivity contribution in [3.8, 4) is 5.75 Å². The molecule has 6 rings (SSSR count). The third-order valence-corrected chi connectivity index (χ3v) is 7.58. The highest BCUT2D eigenvalue weighted by Gasteiger charge is 2.24. The maximum absolute atomic E-state index is 13.8. The van der Waals surface area contributed by atoms with E-state index in [0.29, 0.717) is 18.7 Å². The van der Waals surface area contributed by atoms with Crippen LogP contribution in [0.4, 0.5) is 4.39 Å². The van der Waals surface area contributed by atoms with E-state index < -0.39 is 11.8 Å². The fraction of sp³-hybridized carbons (Fsp3) is 0.310. The van der Waals surface area contributed by atoms with Crippen molar-refractivity contribution in [2.75, 3.05) is 13.2 Å². The van der Waals surface area contributed by atoms with Gasteiger partial charge in [-0.15, -0.1) is 0 Å². The molecular formula is C29H27ClFN3O4. The molecule has 1 saturated heterocycles. The summed E-state index contributed by atoms with van der Waals surface area (Å²) in [5, 5.41) is 9.58. The number of rotatable bonds is 8. The topological polar surface area (TPSA) is 76.8 Å². The summed E-state index contributed by atoms with van der Waals surface area (Å²) in [4.78, 5) is 18.8. The molecule has 4 aromatic rings. The number of carbonyl (C=O) groups is 1. The van der Waals surface area contributed by atoms with Gasteiger partial charge in [0.25, 0.3) is 0 Å². The average molecular weight is 536 g/mol. The number of benzene rings is 3. The molecule has 0 aliphatic carbocycles. The van der Waals surface area contributed by atoms with Gasteiger partial charge in [-0.1, -0.05) is 23.7 Å². The van der Waals surface area contributed by atoms with Crippen LogP contribution in [0, 0.1) is 5.82 Å². The molecule has 1 fully saturated rings. The molecule has 0 amide bonds. The first-order valence-electron chi connectivity index (χ1n) is 12.7. The lowest BCUT2D eigenvalue weighted by molar-refractivity contribution is -0.0592. The molecule has 1 aromatic heterocycles. The lowest BCUT2D eigenvalue weighted by Gasteiger charge is -2.30. The molecule has 1 atom stereocenters. The van der Waals surface area contributed by atoms with Crippen LogP contribution in [0.3, 0.4) is 0 Å². The quantitative estimate of drug-likeness (QED) is 0.323. The minimum atomic E-state index is -0.951. The molecule has 1 N–H and O–H groups in total. The Bertz CT molecular complexity index is 1520. The second kappa shape index (κ2) is 10.4. The van der Waals surface area contributed by atoms with Crippen molar-refractivity contribution >= 4 is 28.6 Å². The number of carboxylic acids is 1. The molecule has 2 aliphatic heterocycles. The van der Waals surface area contributed by atoms with Crippen molar-refractivity contribution in [2.45, 2.75) is 45.2 Å². The number of aromatic carboxylic acids is 1. The Labute approximate surface area is 224 Å². The van der Waals surface area contributed by atoms with Crippen molar-refractivity contribution in [1.82, 2.24) is 14.5 Å². The molecule has 196 valence electrons. The van der Waals surface area contributed by atoms with Gasteiger partial charge in [0, 0.05) is 19.7 Å². The van der Waals surface area contributed by atoms with E-state index in [1.807, 2.05) is 6.07 Å². The number of hydrogen-bond donors (Lipinski definition) is 1. The summed E-state index contributed by atoms with van der Waals surface area (Å²) in [5.74, 6) is 0.228. The van der Waals surface area contributed by atoms with Crippen molar-refractivity contribution in [3.63, 3.8) is 0 Å². The SMILES string of the molecule is O=C(O)c1ccc2nc(CN3CCc4ccc(OCc5ccc(Cl)c(F)c5)cc4C3)n(C[C@@H]3CCO3)c2c1. The Hall–Kier alpha value is -3.46. The summed E-state index contributed by atoms with van der Waals surface area (Å²) in [6.07, 6.45) is 2.02. The summed E-state index contributed by atoms with van der Waals surface area (Å²) < 4.78 is 27.5. The van der Waals surface area contributed by atoms with E-state index in [0.717, 1.165) is 55.1 Å². The van der Waals surface area contributed by atoms with Crippen molar-refractivity contribution < 1.29 is 23.8 Å². The standard InChI is InChI=1S/C29H27ClFN3O4/c30-24-5-1-18(11-25(24)31)17-38-22-4-2-19-7-9-33(14-21(19)12-22)16-28-32-26-6-3-20(29(35)36)13-27(26)34(28)15-23-8-10-37-23/h1-6,11-13,23H,7-10,14-17H2,(H,35,36)/t23-/m0/s1. The average Bonchev–Trinajstić information content (AvgIpc) is 3.22. The van der Waals surface area contributed by atoms with E-state index >= 15 is 0 Å². The number of carboxylic acid groups (broad SMARTS) is 1. The lowest BCUT2D eigenvalue weighted by atomic mass is 9.99. The highest BCUT2D eigenvalue weighted by atomic mass is 35.5. The molecule has 0 radical (unpaired) electrons. The van der Waals surface area contributed by atoms with Gasteiger partial charge in [-0.2, -0.15) is 0 Å². The Kier molecular flexibility index (Phi) is 6.78. The van der Waals surface area contributed by atoms with Crippen LogP contribution in [0.2, 0.25) is 5.02 Å². The van der Waals surface area contributed by atoms with Gasteiger partial charge in [-0.25, -0.2) is 14.2 Å². The van der Waals surface area contributed by atoms with Gasteiger partial charge < -0.3 is 19.1 Å². The summed E-state index contributed by atoms with van der Waals surface area (Å²) in [6.45, 7) is 3.93. The summed E-state index contributed by atoms with van der Waals surface area (Å²) in [5.41, 5.74) is 5.05. The molecule has 0 unspecified atom stereocenters. The lowest BCUT2D eigenvalue weighted by Crippen LogP contribution is -2.34. The molecule has 3 aromatic carbocycles. The van der Waals surface area contributed by atoms with Crippen molar-refractivity contribution in [3.05, 3.63) is 93.5 Å². The summed E-state index contributed by atoms with van der Waals surface area (Å²) >= 11 is 5.78. The summed E-state index contributed by atoms with van der Waals surface area (Å²) in [7, 11) is 0. The third kappa shape index (κ3) is 5.12. The maximum atomic E-state index is 13.8. The van der Waals surface area contributed by atoms with Gasteiger partial charge in [0.05, 0.1) is 40.8 Å². The fourth-order valence-electron chi connectivity index (χ4n) is 5.07. The Morgan fingerprint density at radius 2 is 2.03 bits per heavy atom. The minimum absolute atomic E-state index is 0.0960. The van der Waals surface area contributed by atoms with E-state index in [1.54, 1.807) is 24.3 Å². The molecule has 7 nitrogen and oxygen atoms in total. The predicted molar refractivity (Wildman–Crippen MR) is 141 cm³/mol. The minimum Gasteiger partial charge on any atom is -0.489 e. The van der Waals surface area contributed by atoms with E-state index in [-0.39, 0.29) is 23.3 Å². The van der Waals surface area contributed by atoms with Crippen LogP contribution in [0.5, 0.6) is 5.75 Å². The van der Waals surface area contributed by atoms with Crippen molar-refractivity contribution in [2.24, 2.45) is 0 Å². The zero-order chi connectivity index (χ0) is 26.2. The molecule has 3 heterocycles. The van der Waals surface area contributed by atoms with E-state index in [9.17, 15) is 14.3 Å². The van der Waals surface area contributed by atoms with Gasteiger partial charge in [0.1, 0.15) is 24.0 Å². The number of nitrogens with zero attached hydrogens (tertiary/aromatic N) is 3. The number of imidazole rings is 1. The van der Waals surface area contributed by atoms with Gasteiger partial charge in [-0.05, 0) is 72.0 Å². The maximum Gasteiger partial charge on any atom is 0.335 e. The molecule has 0 spiro atoms. The zero-order valence-electron chi connectivity index (χ0n) is 20.7. The third-order valence-electron chi connectivity index (χ3n) is 7.28. The molecule has 9 heteroatoms. The van der Waals surface area contributed by atoms with Gasteiger partial charge in [-0.3, -0.25) is 4.90 Å². The molecule has 2 aliphatic rings. The largest absolute Gasteiger partial charge is 0.489 e. The number of fused-ring (bicyclic) bond motifs is 2. The zero-order valence-corrected chi connectivity index (χ0v) is 21.5. The van der Waals surface area contributed by atoms with E-state index in [1.165, 1.54) is 23.3 Å². The van der Waals surface area contributed by atoms with Crippen molar-refractivity contribution in [1.29, 1.82) is 0 Å². The first-order valence-corrected chi connectivity index (χ1v) is 13.1. The number of aromatic nitrogens is 2. The number of ether oxygens (including phenoxy) is 2. The Morgan fingerprint density at radius 3 is 2.79 bits per heavy atom. The summed E-state index contributed by atoms with van der Waals surface area (Å²) in [6, 6.07) is 15.9. The van der Waals surface area contributed by atoms with Crippen LogP contribution in [0.1, 0.15) is 39.3 Å². The first-order chi connectivity index (χ1) is 18.4. The van der Waals surface area contributed by atoms with Gasteiger partial charge in [0.2, 0.25) is 0 Å². The Morgan fingerprint density at radius 1 is 1.16 bits per heavy atom. The van der Waals surface area contributed by atoms with Crippen LogP contribution >= 0.6 is 11.6 Å². The molecular weight excluding hydrogens is 509 g/mol. The smallest absolute Gasteiger partial charge is 0.335 e. The number of hydrogen-bond acceptors (Lipinski definition) is 5. The number of halogens is 2. The predicted octanol–water partition coefficient (Wildman–Crippen LogP) is 5.45. The molecule has 0 bridgehead atoms. The fourth-order valence-corrected chi connectivity index (χ4v) is 5.19. The van der Waals surface area contributed by atoms with Crippen LogP contribution in [-0.2, 0) is 37.4 Å². The second-order valence-corrected chi connectivity index (χ2v) is 10.3. The van der Waals surface area contributed by atoms with Crippen LogP contribution in [0.15, 0.2) is 54.6 Å². The van der Waals surface area contributed by atoms with Crippen LogP contribution in [-0.4, -0.2) is 44.8 Å². The van der Waals surface area contributed by atoms with Crippen LogP contribution < -0.4 is 4.74 Å². The molecule has 38 heavy (non-hydrogen) atoms. The highest BCUT2D eigenvalue weighted by Crippen LogP contribution is 2.28. The van der Waals surface area contributed by atoms with Gasteiger partial charge in [0.15, 0.2) is 0 Å². The van der Waals surface area contributed by atoms with E-state index in [4.69, 9.17) is 26.1 Å². The van der Waals surface area contributed by atoms with Crippen LogP contribution in [0.25, 0.3) is 11.0 Å². The molecule has 0 saturated carbocycles. The van der Waals surface area contributed by atoms with E-state index in [2.05, 4.69) is 21.6 Å². The highest BCUT2D eigenvalue weighted by molar-refractivity contribution is 6.30. The second-order valence-electron chi connectivity index (χ2n) is 9.86. The first kappa shape index (κ1) is 24.9. The monoisotopic (exact) mass is 535 g/mol. The Balaban J connectivity index is 1.20. The normalized spacial score (nSPS) is 17.3.